The number of halogens is 2. The minimum absolute atomic E-state index is 0. The summed E-state index contributed by atoms with van der Waals surface area (Å²) in [7, 11) is 0. The van der Waals surface area contributed by atoms with Crippen molar-refractivity contribution in [3.05, 3.63) is 58.7 Å². The normalized spacial score (nSPS) is 9.84. The molecule has 0 spiro atoms. The van der Waals surface area contributed by atoms with Gasteiger partial charge in [0.2, 0.25) is 0 Å². The molecule has 0 fully saturated rings. The Bertz CT molecular complexity index is 537. The van der Waals surface area contributed by atoms with Gasteiger partial charge in [0, 0.05) is 0 Å². The molecule has 0 aromatic heterocycles. The monoisotopic (exact) mass is 474 g/mol. The van der Waals surface area contributed by atoms with Crippen molar-refractivity contribution in [1.82, 2.24) is 0 Å². The summed E-state index contributed by atoms with van der Waals surface area (Å²) in [4.78, 5) is 0. The van der Waals surface area contributed by atoms with Crippen LogP contribution in [0, 0.1) is 25.2 Å². The third-order valence-corrected chi connectivity index (χ3v) is 3.46. The van der Waals surface area contributed by atoms with Crippen molar-refractivity contribution >= 4 is 6.88 Å². The molecule has 0 aliphatic carbocycles. The van der Waals surface area contributed by atoms with Crippen molar-refractivity contribution in [2.24, 2.45) is 11.3 Å². The second-order valence-electron chi connectivity index (χ2n) is 7.87. The Morgan fingerprint density at radius 3 is 2.00 bits per heavy atom. The van der Waals surface area contributed by atoms with E-state index in [9.17, 15) is 0 Å². The van der Waals surface area contributed by atoms with Gasteiger partial charge in [-0.15, -0.1) is 0 Å². The van der Waals surface area contributed by atoms with Gasteiger partial charge in [0.15, 0.2) is 0 Å². The molecular weight excluding hydrogens is 442 g/mol. The molecule has 0 heterocycles. The van der Waals surface area contributed by atoms with Crippen LogP contribution in [-0.4, -0.2) is 6.88 Å². The fourth-order valence-corrected chi connectivity index (χ4v) is 2.59. The molecule has 0 aliphatic rings. The van der Waals surface area contributed by atoms with Gasteiger partial charge in [-0.1, -0.05) is 60.8 Å². The maximum absolute atomic E-state index is 2.40. The van der Waals surface area contributed by atoms with E-state index in [1.54, 1.807) is 28.9 Å². The van der Waals surface area contributed by atoms with Crippen LogP contribution in [0.15, 0.2) is 36.4 Å². The summed E-state index contributed by atoms with van der Waals surface area (Å²) in [5.74, 6) is 0.758. The van der Waals surface area contributed by atoms with Gasteiger partial charge in [-0.25, -0.2) is 17.7 Å². The van der Waals surface area contributed by atoms with Crippen LogP contribution in [0.25, 0.3) is 0 Å². The average molecular weight is 477 g/mol. The predicted molar refractivity (Wildman–Crippen MR) is 104 cm³/mol. The third-order valence-electron chi connectivity index (χ3n) is 3.46. The molecule has 2 rings (SSSR count). The fraction of sp³-hybridized carbons (Fsp3) is 0.524. The standard InChI is InChI=1S/C15H25.C6H7.2ClH.H2Si.Zr/c1-11(2)7-14-9-13(8-12(14)3)10-15(4,5)6;1-6-4-2-3-5-6;;;;/h8-9,11H,7,10H2,1-6H3;2-5H,1H3;2*1H;1H2;/q2*-1;;;;+2/p-2. The first kappa shape index (κ1) is 30.1. The second-order valence-corrected chi connectivity index (χ2v) is 7.87. The van der Waals surface area contributed by atoms with E-state index in [2.05, 4.69) is 72.7 Å². The summed E-state index contributed by atoms with van der Waals surface area (Å²) >= 11 is 1.58. The van der Waals surface area contributed by atoms with E-state index in [0.29, 0.717) is 5.41 Å². The summed E-state index contributed by atoms with van der Waals surface area (Å²) < 4.78 is 0. The first-order valence-corrected chi connectivity index (χ1v) is 14.4. The van der Waals surface area contributed by atoms with E-state index < -0.39 is 0 Å². The van der Waals surface area contributed by atoms with Gasteiger partial charge in [0.1, 0.15) is 0 Å². The number of hydrogen-bond donors (Lipinski definition) is 0. The van der Waals surface area contributed by atoms with E-state index in [4.69, 9.17) is 0 Å². The SMILES string of the molecule is Cc1[cH-]c(CC(C)(C)C)cc1CC(C)C.Cc1cc[cH-]c1.[Cl-].[Cl-].[SiH2]=[Zr+2]. The summed E-state index contributed by atoms with van der Waals surface area (Å²) in [5.41, 5.74) is 6.27. The third kappa shape index (κ3) is 15.2. The van der Waals surface area contributed by atoms with Gasteiger partial charge in [0.05, 0.1) is 0 Å². The zero-order chi connectivity index (χ0) is 18.0. The molecule has 0 radical (unpaired) electrons. The Hall–Kier alpha value is 0.380. The van der Waals surface area contributed by atoms with Crippen LogP contribution < -0.4 is 24.8 Å². The summed E-state index contributed by atoms with van der Waals surface area (Å²) in [5, 5.41) is 0. The van der Waals surface area contributed by atoms with Gasteiger partial charge in [-0.3, -0.25) is 0 Å². The fourth-order valence-electron chi connectivity index (χ4n) is 2.59. The van der Waals surface area contributed by atoms with Crippen LogP contribution in [0.5, 0.6) is 0 Å². The maximum atomic E-state index is 2.40. The molecule has 142 valence electrons. The molecule has 2 aromatic carbocycles. The minimum atomic E-state index is 0. The van der Waals surface area contributed by atoms with Crippen molar-refractivity contribution in [3.8, 4) is 0 Å². The molecule has 0 bridgehead atoms. The van der Waals surface area contributed by atoms with Gasteiger partial charge in [-0.05, 0) is 11.8 Å². The summed E-state index contributed by atoms with van der Waals surface area (Å²) in [6, 6.07) is 13.0. The molecule has 0 unspecified atom stereocenters. The Morgan fingerprint density at radius 1 is 1.12 bits per heavy atom. The molecule has 0 nitrogen and oxygen atoms in total. The van der Waals surface area contributed by atoms with Gasteiger partial charge in [-0.2, -0.15) is 41.0 Å². The summed E-state index contributed by atoms with van der Waals surface area (Å²) in [6.07, 6.45) is 2.40. The number of aryl methyl sites for hydroxylation is 2. The van der Waals surface area contributed by atoms with Crippen LogP contribution >= 0.6 is 0 Å². The van der Waals surface area contributed by atoms with Crippen LogP contribution in [0.3, 0.4) is 0 Å². The Morgan fingerprint density at radius 2 is 1.68 bits per heavy atom. The Kier molecular flexibility index (Phi) is 18.6. The van der Waals surface area contributed by atoms with E-state index in [0.717, 1.165) is 5.92 Å². The topological polar surface area (TPSA) is 0 Å². The zero-order valence-corrected chi connectivity index (χ0v) is 22.3. The number of rotatable bonds is 3. The van der Waals surface area contributed by atoms with Crippen molar-refractivity contribution in [1.29, 1.82) is 0 Å². The molecular formula is C21H34Cl2SiZr-2. The van der Waals surface area contributed by atoms with E-state index in [1.165, 1.54) is 29.5 Å². The van der Waals surface area contributed by atoms with Gasteiger partial charge < -0.3 is 24.8 Å². The molecule has 0 N–H and O–H groups in total. The molecule has 0 saturated heterocycles. The van der Waals surface area contributed by atoms with Crippen LogP contribution in [0.1, 0.15) is 56.9 Å². The van der Waals surface area contributed by atoms with Crippen molar-refractivity contribution in [3.63, 3.8) is 0 Å². The molecule has 0 saturated carbocycles. The van der Waals surface area contributed by atoms with Crippen LogP contribution in [0.2, 0.25) is 0 Å². The van der Waals surface area contributed by atoms with Crippen molar-refractivity contribution in [2.45, 2.75) is 61.3 Å². The summed E-state index contributed by atoms with van der Waals surface area (Å²) in [6.45, 7) is 17.8. The first-order valence-electron chi connectivity index (χ1n) is 8.46. The van der Waals surface area contributed by atoms with Gasteiger partial charge >= 0.3 is 30.2 Å². The molecule has 0 aliphatic heterocycles. The molecule has 25 heavy (non-hydrogen) atoms. The van der Waals surface area contributed by atoms with E-state index in [-0.39, 0.29) is 24.8 Å². The molecule has 0 atom stereocenters. The predicted octanol–water partition coefficient (Wildman–Crippen LogP) is -0.696. The van der Waals surface area contributed by atoms with Crippen molar-refractivity contribution in [2.75, 3.05) is 0 Å². The van der Waals surface area contributed by atoms with Gasteiger partial charge in [0.25, 0.3) is 0 Å². The molecule has 4 heteroatoms. The van der Waals surface area contributed by atoms with Crippen LogP contribution in [0.4, 0.5) is 0 Å². The Balaban J connectivity index is -0.000000409. The van der Waals surface area contributed by atoms with Crippen LogP contribution in [-0.2, 0) is 36.2 Å². The first-order chi connectivity index (χ1) is 10.7. The number of hydrogen-bond acceptors (Lipinski definition) is 0. The van der Waals surface area contributed by atoms with E-state index in [1.807, 2.05) is 19.0 Å². The van der Waals surface area contributed by atoms with E-state index >= 15 is 0 Å². The molecule has 0 amide bonds. The molecule has 2 aromatic rings. The second kappa shape index (κ2) is 15.4. The Labute approximate surface area is 185 Å². The van der Waals surface area contributed by atoms with Crippen molar-refractivity contribution < 1.29 is 48.1 Å². The zero-order valence-electron chi connectivity index (χ0n) is 16.9. The quantitative estimate of drug-likeness (QED) is 0.406. The average Bonchev–Trinajstić information content (AvgIpc) is 3.00.